The van der Waals surface area contributed by atoms with E-state index in [4.69, 9.17) is 5.11 Å². The van der Waals surface area contributed by atoms with Gasteiger partial charge >= 0.3 is 5.97 Å². The van der Waals surface area contributed by atoms with E-state index in [0.29, 0.717) is 12.0 Å². The van der Waals surface area contributed by atoms with Crippen LogP contribution in [0.5, 0.6) is 0 Å². The number of hydrogen-bond acceptors (Lipinski definition) is 2. The smallest absolute Gasteiger partial charge is 0.373 e. The summed E-state index contributed by atoms with van der Waals surface area (Å²) in [6, 6.07) is 8.90. The second kappa shape index (κ2) is 4.75. The zero-order chi connectivity index (χ0) is 12.2. The summed E-state index contributed by atoms with van der Waals surface area (Å²) in [4.78, 5) is 22.5. The monoisotopic (exact) mass is 218 g/mol. The second-order valence-corrected chi connectivity index (χ2v) is 3.83. The Kier molecular flexibility index (Phi) is 3.61. The van der Waals surface area contributed by atoms with E-state index in [1.54, 1.807) is 37.3 Å². The van der Waals surface area contributed by atoms with Gasteiger partial charge in [-0.05, 0) is 18.9 Å². The van der Waals surface area contributed by atoms with Crippen LogP contribution in [0.4, 0.5) is 0 Å². The summed E-state index contributed by atoms with van der Waals surface area (Å²) >= 11 is 0. The summed E-state index contributed by atoms with van der Waals surface area (Å²) in [5.41, 5.74) is -0.336. The molecule has 0 amide bonds. The molecule has 1 aromatic carbocycles. The van der Waals surface area contributed by atoms with Crippen molar-refractivity contribution in [1.82, 2.24) is 0 Å². The van der Waals surface area contributed by atoms with Crippen molar-refractivity contribution in [2.45, 2.75) is 18.8 Å². The summed E-state index contributed by atoms with van der Waals surface area (Å²) in [6.07, 6.45) is 1.87. The molecule has 3 nitrogen and oxygen atoms in total. The first kappa shape index (κ1) is 12.2. The zero-order valence-corrected chi connectivity index (χ0v) is 9.14. The van der Waals surface area contributed by atoms with Gasteiger partial charge in [0.2, 0.25) is 5.78 Å². The van der Waals surface area contributed by atoms with Crippen molar-refractivity contribution in [2.24, 2.45) is 0 Å². The fraction of sp³-hybridized carbons (Fsp3) is 0.231. The number of aliphatic carboxylic acids is 1. The van der Waals surface area contributed by atoms with Crippen LogP contribution in [-0.2, 0) is 15.0 Å². The Morgan fingerprint density at radius 1 is 1.38 bits per heavy atom. The number of carbonyl (C=O) groups excluding carboxylic acids is 1. The van der Waals surface area contributed by atoms with Crippen LogP contribution in [0.2, 0.25) is 0 Å². The third-order valence-electron chi connectivity index (χ3n) is 2.66. The molecule has 1 N–H and O–H groups in total. The molecule has 0 fully saturated rings. The number of hydrogen-bond donors (Lipinski definition) is 1. The quantitative estimate of drug-likeness (QED) is 0.608. The molecule has 0 aliphatic rings. The SMILES string of the molecule is C=CCC(C)(C(=O)C(=O)O)c1ccccc1. The number of allylic oxidation sites excluding steroid dienone is 1. The predicted octanol–water partition coefficient (Wildman–Crippen LogP) is 2.17. The van der Waals surface area contributed by atoms with E-state index in [-0.39, 0.29) is 0 Å². The van der Waals surface area contributed by atoms with Crippen molar-refractivity contribution in [1.29, 1.82) is 0 Å². The van der Waals surface area contributed by atoms with E-state index in [1.165, 1.54) is 0 Å². The van der Waals surface area contributed by atoms with E-state index in [0.717, 1.165) is 0 Å². The van der Waals surface area contributed by atoms with Gasteiger partial charge in [-0.2, -0.15) is 0 Å². The third-order valence-corrected chi connectivity index (χ3v) is 2.66. The van der Waals surface area contributed by atoms with E-state index >= 15 is 0 Å². The molecule has 0 aliphatic carbocycles. The first-order valence-corrected chi connectivity index (χ1v) is 4.96. The Bertz CT molecular complexity index is 408. The minimum absolute atomic E-state index is 0.308. The highest BCUT2D eigenvalue weighted by atomic mass is 16.4. The average molecular weight is 218 g/mol. The fourth-order valence-corrected chi connectivity index (χ4v) is 1.67. The van der Waals surface area contributed by atoms with E-state index < -0.39 is 17.2 Å². The van der Waals surface area contributed by atoms with Crippen LogP contribution in [0.3, 0.4) is 0 Å². The highest BCUT2D eigenvalue weighted by molar-refractivity contribution is 6.36. The maximum absolute atomic E-state index is 11.7. The molecule has 3 heteroatoms. The van der Waals surface area contributed by atoms with Gasteiger partial charge in [-0.15, -0.1) is 6.58 Å². The van der Waals surface area contributed by atoms with Crippen LogP contribution in [0.1, 0.15) is 18.9 Å². The number of carboxylic acids is 1. The van der Waals surface area contributed by atoms with Crippen molar-refractivity contribution in [3.05, 3.63) is 48.6 Å². The predicted molar refractivity (Wildman–Crippen MR) is 61.3 cm³/mol. The van der Waals surface area contributed by atoms with Crippen LogP contribution in [0.15, 0.2) is 43.0 Å². The number of ketones is 1. The molecule has 0 saturated carbocycles. The van der Waals surface area contributed by atoms with Gasteiger partial charge in [-0.25, -0.2) is 4.79 Å². The molecular formula is C13H14O3. The van der Waals surface area contributed by atoms with Gasteiger partial charge in [-0.1, -0.05) is 36.4 Å². The molecule has 0 bridgehead atoms. The average Bonchev–Trinajstić information content (AvgIpc) is 2.29. The number of rotatable bonds is 5. The Labute approximate surface area is 94.4 Å². The van der Waals surface area contributed by atoms with E-state index in [1.807, 2.05) is 6.07 Å². The van der Waals surface area contributed by atoms with Crippen molar-refractivity contribution in [3.63, 3.8) is 0 Å². The lowest BCUT2D eigenvalue weighted by Crippen LogP contribution is -2.37. The topological polar surface area (TPSA) is 54.4 Å². The van der Waals surface area contributed by atoms with Crippen LogP contribution >= 0.6 is 0 Å². The van der Waals surface area contributed by atoms with Crippen molar-refractivity contribution in [3.8, 4) is 0 Å². The summed E-state index contributed by atoms with van der Waals surface area (Å²) in [5.74, 6) is -2.22. The lowest BCUT2D eigenvalue weighted by molar-refractivity contribution is -0.151. The molecule has 0 heterocycles. The molecule has 0 aliphatic heterocycles. The fourth-order valence-electron chi connectivity index (χ4n) is 1.67. The Balaban J connectivity index is 3.21. The first-order chi connectivity index (χ1) is 7.52. The maximum Gasteiger partial charge on any atom is 0.373 e. The third kappa shape index (κ3) is 2.19. The van der Waals surface area contributed by atoms with Gasteiger partial charge in [0.15, 0.2) is 0 Å². The number of Topliss-reactive ketones (excluding diaryl/α,β-unsaturated/α-hetero) is 1. The van der Waals surface area contributed by atoms with Gasteiger partial charge in [-0.3, -0.25) is 4.79 Å². The highest BCUT2D eigenvalue weighted by Crippen LogP contribution is 2.29. The first-order valence-electron chi connectivity index (χ1n) is 4.96. The summed E-state index contributed by atoms with van der Waals surface area (Å²) in [5, 5.41) is 8.82. The van der Waals surface area contributed by atoms with E-state index in [9.17, 15) is 9.59 Å². The van der Waals surface area contributed by atoms with Gasteiger partial charge < -0.3 is 5.11 Å². The van der Waals surface area contributed by atoms with Crippen LogP contribution in [-0.4, -0.2) is 16.9 Å². The summed E-state index contributed by atoms with van der Waals surface area (Å²) < 4.78 is 0. The largest absolute Gasteiger partial charge is 0.475 e. The minimum Gasteiger partial charge on any atom is -0.475 e. The molecule has 0 radical (unpaired) electrons. The van der Waals surface area contributed by atoms with Crippen molar-refractivity contribution in [2.75, 3.05) is 0 Å². The molecule has 1 aromatic rings. The van der Waals surface area contributed by atoms with Crippen LogP contribution in [0, 0.1) is 0 Å². The minimum atomic E-state index is -1.41. The summed E-state index contributed by atoms with van der Waals surface area (Å²) in [7, 11) is 0. The van der Waals surface area contributed by atoms with E-state index in [2.05, 4.69) is 6.58 Å². The molecule has 1 atom stereocenters. The molecule has 1 rings (SSSR count). The number of benzene rings is 1. The Morgan fingerprint density at radius 2 is 1.94 bits per heavy atom. The van der Waals surface area contributed by atoms with Crippen molar-refractivity contribution >= 4 is 11.8 Å². The summed E-state index contributed by atoms with van der Waals surface area (Å²) in [6.45, 7) is 5.19. The van der Waals surface area contributed by atoms with Crippen molar-refractivity contribution < 1.29 is 14.7 Å². The van der Waals surface area contributed by atoms with Gasteiger partial charge in [0, 0.05) is 0 Å². The standard InChI is InChI=1S/C13H14O3/c1-3-9-13(2,11(14)12(15)16)10-7-5-4-6-8-10/h3-8H,1,9H2,2H3,(H,15,16). The highest BCUT2D eigenvalue weighted by Gasteiger charge is 2.37. The molecule has 0 aromatic heterocycles. The number of carbonyl (C=O) groups is 2. The molecule has 0 spiro atoms. The van der Waals surface area contributed by atoms with Gasteiger partial charge in [0.05, 0.1) is 5.41 Å². The lowest BCUT2D eigenvalue weighted by Gasteiger charge is -2.25. The van der Waals surface area contributed by atoms with Gasteiger partial charge in [0.25, 0.3) is 0 Å². The zero-order valence-electron chi connectivity index (χ0n) is 9.14. The second-order valence-electron chi connectivity index (χ2n) is 3.83. The Hall–Kier alpha value is -1.90. The van der Waals surface area contributed by atoms with Gasteiger partial charge in [0.1, 0.15) is 0 Å². The van der Waals surface area contributed by atoms with Crippen LogP contribution < -0.4 is 0 Å². The maximum atomic E-state index is 11.7. The number of carboxylic acid groups (broad SMARTS) is 1. The molecular weight excluding hydrogens is 204 g/mol. The molecule has 16 heavy (non-hydrogen) atoms. The van der Waals surface area contributed by atoms with Crippen LogP contribution in [0.25, 0.3) is 0 Å². The Morgan fingerprint density at radius 3 is 2.38 bits per heavy atom. The molecule has 84 valence electrons. The molecule has 1 unspecified atom stereocenters. The normalized spacial score (nSPS) is 13.8. The molecule has 0 saturated heterocycles. The lowest BCUT2D eigenvalue weighted by atomic mass is 9.76.